The van der Waals surface area contributed by atoms with E-state index in [4.69, 9.17) is 9.26 Å². The highest BCUT2D eigenvalue weighted by molar-refractivity contribution is 5.80. The molecule has 1 fully saturated rings. The Labute approximate surface area is 157 Å². The third kappa shape index (κ3) is 3.40. The molecule has 2 atom stereocenters. The highest BCUT2D eigenvalue weighted by Gasteiger charge is 2.37. The topological polar surface area (TPSA) is 81.3 Å². The fraction of sp³-hybridized carbons (Fsp3) is 0.300. The van der Waals surface area contributed by atoms with E-state index in [2.05, 4.69) is 15.1 Å². The molecule has 138 valence electrons. The second-order valence-electron chi connectivity index (χ2n) is 6.59. The van der Waals surface area contributed by atoms with Crippen molar-refractivity contribution in [1.82, 2.24) is 20.0 Å². The van der Waals surface area contributed by atoms with Crippen molar-refractivity contribution in [2.24, 2.45) is 0 Å². The number of benzene rings is 1. The van der Waals surface area contributed by atoms with Crippen molar-refractivity contribution < 1.29 is 14.1 Å². The molecule has 0 saturated carbocycles. The van der Waals surface area contributed by atoms with Crippen molar-refractivity contribution in [3.05, 3.63) is 60.2 Å². The Bertz CT molecular complexity index is 924. The lowest BCUT2D eigenvalue weighted by molar-refractivity contribution is -0.129. The molecule has 0 radical (unpaired) electrons. The molecule has 0 bridgehead atoms. The van der Waals surface area contributed by atoms with Crippen molar-refractivity contribution in [1.29, 1.82) is 0 Å². The van der Waals surface area contributed by atoms with Gasteiger partial charge in [-0.25, -0.2) is 0 Å². The van der Waals surface area contributed by atoms with Crippen LogP contribution in [0.25, 0.3) is 11.4 Å². The number of carbonyl (C=O) groups is 1. The highest BCUT2D eigenvalue weighted by Crippen LogP contribution is 2.34. The van der Waals surface area contributed by atoms with Gasteiger partial charge in [0.2, 0.25) is 17.6 Å². The molecule has 2 unspecified atom stereocenters. The standard InChI is InChI=1S/C20H20N4O3/c1-13(14-3-5-17(26-2)6-4-14)24-12-16(11-18(24)25)20-22-19(23-27-20)15-7-9-21-10-8-15/h3-10,13,16H,11-12H2,1-2H3. The first kappa shape index (κ1) is 17.2. The van der Waals surface area contributed by atoms with Crippen molar-refractivity contribution in [2.75, 3.05) is 13.7 Å². The summed E-state index contributed by atoms with van der Waals surface area (Å²) in [6, 6.07) is 11.4. The molecule has 4 rings (SSSR count). The summed E-state index contributed by atoms with van der Waals surface area (Å²) in [5.41, 5.74) is 1.90. The third-order valence-electron chi connectivity index (χ3n) is 4.95. The number of nitrogens with zero attached hydrogens (tertiary/aromatic N) is 4. The number of methoxy groups -OCH3 is 1. The number of ether oxygens (including phenoxy) is 1. The summed E-state index contributed by atoms with van der Waals surface area (Å²) < 4.78 is 10.6. The average Bonchev–Trinajstić information content (AvgIpc) is 3.35. The molecule has 27 heavy (non-hydrogen) atoms. The van der Waals surface area contributed by atoms with Gasteiger partial charge in [0.1, 0.15) is 5.75 Å². The lowest BCUT2D eigenvalue weighted by Gasteiger charge is -2.25. The van der Waals surface area contributed by atoms with Crippen LogP contribution in [0, 0.1) is 0 Å². The second kappa shape index (κ2) is 7.19. The summed E-state index contributed by atoms with van der Waals surface area (Å²) in [7, 11) is 1.64. The zero-order valence-corrected chi connectivity index (χ0v) is 15.2. The van der Waals surface area contributed by atoms with Crippen molar-refractivity contribution >= 4 is 5.91 Å². The zero-order chi connectivity index (χ0) is 18.8. The van der Waals surface area contributed by atoms with Crippen LogP contribution in [0.1, 0.15) is 36.8 Å². The van der Waals surface area contributed by atoms with Crippen LogP contribution in [0.5, 0.6) is 5.75 Å². The van der Waals surface area contributed by atoms with Gasteiger partial charge >= 0.3 is 0 Å². The molecule has 7 heteroatoms. The van der Waals surface area contributed by atoms with Gasteiger partial charge in [0.15, 0.2) is 0 Å². The van der Waals surface area contributed by atoms with Crippen LogP contribution in [0.4, 0.5) is 0 Å². The van der Waals surface area contributed by atoms with Crippen molar-refractivity contribution in [3.8, 4) is 17.1 Å². The lowest BCUT2D eigenvalue weighted by atomic mass is 10.1. The minimum Gasteiger partial charge on any atom is -0.497 e. The summed E-state index contributed by atoms with van der Waals surface area (Å²) in [5, 5.41) is 4.05. The average molecular weight is 364 g/mol. The van der Waals surface area contributed by atoms with E-state index in [0.717, 1.165) is 16.9 Å². The van der Waals surface area contributed by atoms with E-state index in [1.807, 2.05) is 48.2 Å². The van der Waals surface area contributed by atoms with E-state index in [9.17, 15) is 4.79 Å². The van der Waals surface area contributed by atoms with Gasteiger partial charge in [-0.3, -0.25) is 9.78 Å². The van der Waals surface area contributed by atoms with Crippen LogP contribution < -0.4 is 4.74 Å². The van der Waals surface area contributed by atoms with E-state index >= 15 is 0 Å². The fourth-order valence-electron chi connectivity index (χ4n) is 3.35. The van der Waals surface area contributed by atoms with Gasteiger partial charge in [0.25, 0.3) is 0 Å². The zero-order valence-electron chi connectivity index (χ0n) is 15.2. The minimum absolute atomic E-state index is 0.0315. The van der Waals surface area contributed by atoms with Crippen LogP contribution >= 0.6 is 0 Å². The number of likely N-dealkylation sites (tertiary alicyclic amines) is 1. The Morgan fingerprint density at radius 2 is 1.93 bits per heavy atom. The summed E-state index contributed by atoms with van der Waals surface area (Å²) in [5.74, 6) is 1.81. The van der Waals surface area contributed by atoms with Crippen LogP contribution in [0.15, 0.2) is 53.3 Å². The molecular weight excluding hydrogens is 344 g/mol. The number of pyridine rings is 1. The van der Waals surface area contributed by atoms with E-state index < -0.39 is 0 Å². The van der Waals surface area contributed by atoms with Gasteiger partial charge in [-0.05, 0) is 36.8 Å². The molecule has 1 amide bonds. The largest absolute Gasteiger partial charge is 0.497 e. The normalized spacial score (nSPS) is 17.9. The number of carbonyl (C=O) groups excluding carboxylic acids is 1. The van der Waals surface area contributed by atoms with Gasteiger partial charge in [0, 0.05) is 30.9 Å². The van der Waals surface area contributed by atoms with E-state index in [-0.39, 0.29) is 17.9 Å². The number of hydrogen-bond acceptors (Lipinski definition) is 6. The molecule has 2 aromatic heterocycles. The Hall–Kier alpha value is -3.22. The number of amides is 1. The predicted molar refractivity (Wildman–Crippen MR) is 98.0 cm³/mol. The SMILES string of the molecule is COc1ccc(C(C)N2CC(c3nc(-c4ccncc4)no3)CC2=O)cc1. The molecule has 3 aromatic rings. The first-order chi connectivity index (χ1) is 13.2. The minimum atomic E-state index is -0.0960. The summed E-state index contributed by atoms with van der Waals surface area (Å²) in [6.45, 7) is 2.59. The Kier molecular flexibility index (Phi) is 4.58. The molecule has 0 spiro atoms. The Morgan fingerprint density at radius 3 is 2.63 bits per heavy atom. The smallest absolute Gasteiger partial charge is 0.232 e. The van der Waals surface area contributed by atoms with Crippen LogP contribution in [0.3, 0.4) is 0 Å². The Morgan fingerprint density at radius 1 is 1.19 bits per heavy atom. The molecular formula is C20H20N4O3. The van der Waals surface area contributed by atoms with Gasteiger partial charge in [-0.15, -0.1) is 0 Å². The molecule has 3 heterocycles. The van der Waals surface area contributed by atoms with Crippen molar-refractivity contribution in [3.63, 3.8) is 0 Å². The molecule has 0 aliphatic carbocycles. The number of hydrogen-bond donors (Lipinski definition) is 0. The first-order valence-corrected chi connectivity index (χ1v) is 8.83. The van der Waals surface area contributed by atoms with E-state index in [1.165, 1.54) is 0 Å². The quantitative estimate of drug-likeness (QED) is 0.691. The summed E-state index contributed by atoms with van der Waals surface area (Å²) in [6.07, 6.45) is 3.74. The van der Waals surface area contributed by atoms with Gasteiger partial charge in [-0.1, -0.05) is 17.3 Å². The van der Waals surface area contributed by atoms with Gasteiger partial charge in [0.05, 0.1) is 19.1 Å². The van der Waals surface area contributed by atoms with Gasteiger partial charge in [-0.2, -0.15) is 4.98 Å². The van der Waals surface area contributed by atoms with Crippen molar-refractivity contribution in [2.45, 2.75) is 25.3 Å². The lowest BCUT2D eigenvalue weighted by Crippen LogP contribution is -2.28. The highest BCUT2D eigenvalue weighted by atomic mass is 16.5. The van der Waals surface area contributed by atoms with Gasteiger partial charge < -0.3 is 14.2 Å². The molecule has 1 aliphatic rings. The van der Waals surface area contributed by atoms with Crippen LogP contribution in [-0.2, 0) is 4.79 Å². The van der Waals surface area contributed by atoms with Crippen LogP contribution in [0.2, 0.25) is 0 Å². The maximum atomic E-state index is 12.6. The molecule has 0 N–H and O–H groups in total. The number of rotatable bonds is 5. The number of aromatic nitrogens is 3. The Balaban J connectivity index is 1.49. The molecule has 1 aromatic carbocycles. The molecule has 1 saturated heterocycles. The summed E-state index contributed by atoms with van der Waals surface area (Å²) >= 11 is 0. The monoisotopic (exact) mass is 364 g/mol. The molecule has 1 aliphatic heterocycles. The fourth-order valence-corrected chi connectivity index (χ4v) is 3.35. The van der Waals surface area contributed by atoms with E-state index in [0.29, 0.717) is 24.7 Å². The van der Waals surface area contributed by atoms with Crippen LogP contribution in [-0.4, -0.2) is 39.6 Å². The maximum Gasteiger partial charge on any atom is 0.232 e. The van der Waals surface area contributed by atoms with E-state index in [1.54, 1.807) is 19.5 Å². The first-order valence-electron chi connectivity index (χ1n) is 8.83. The predicted octanol–water partition coefficient (Wildman–Crippen LogP) is 3.22. The molecule has 7 nitrogen and oxygen atoms in total. The third-order valence-corrected chi connectivity index (χ3v) is 4.95. The second-order valence-corrected chi connectivity index (χ2v) is 6.59. The summed E-state index contributed by atoms with van der Waals surface area (Å²) in [4.78, 5) is 22.9. The maximum absolute atomic E-state index is 12.6.